The summed E-state index contributed by atoms with van der Waals surface area (Å²) in [6, 6.07) is 10.7. The van der Waals surface area contributed by atoms with E-state index in [4.69, 9.17) is 14.4 Å². The van der Waals surface area contributed by atoms with E-state index in [1.54, 1.807) is 42.2 Å². The number of aliphatic hydroxyl groups excluding tert-OH is 1. The third-order valence-electron chi connectivity index (χ3n) is 7.30. The van der Waals surface area contributed by atoms with Gasteiger partial charge in [0.25, 0.3) is 15.9 Å². The number of carbonyl (C=O) groups excluding carboxylic acids is 1. The van der Waals surface area contributed by atoms with Crippen molar-refractivity contribution in [2.24, 2.45) is 5.92 Å². The first kappa shape index (κ1) is 31.0. The number of fused-ring (bicyclic) bond motifs is 1. The van der Waals surface area contributed by atoms with E-state index in [1.807, 2.05) is 18.9 Å². The Labute approximate surface area is 244 Å². The van der Waals surface area contributed by atoms with Gasteiger partial charge in [0.2, 0.25) is 0 Å². The molecule has 1 aliphatic heterocycles. The fraction of sp³-hybridized carbons (Fsp3) is 0.414. The number of amides is 1. The summed E-state index contributed by atoms with van der Waals surface area (Å²) in [4.78, 5) is 28.4. The van der Waals surface area contributed by atoms with Gasteiger partial charge in [-0.25, -0.2) is 13.2 Å². The highest BCUT2D eigenvalue weighted by Crippen LogP contribution is 2.32. The number of likely N-dealkylation sites (N-methyl/N-ethyl adjacent to an activating group) is 1. The lowest BCUT2D eigenvalue weighted by Gasteiger charge is -2.38. The van der Waals surface area contributed by atoms with Crippen LogP contribution in [0.1, 0.15) is 51.6 Å². The molecule has 0 radical (unpaired) electrons. The average molecular weight is 601 g/mol. The number of benzene rings is 2. The minimum atomic E-state index is -4.05. The van der Waals surface area contributed by atoms with Gasteiger partial charge in [0.1, 0.15) is 17.5 Å². The van der Waals surface area contributed by atoms with Crippen LogP contribution in [-0.4, -0.2) is 84.4 Å². The van der Waals surface area contributed by atoms with Crippen LogP contribution < -0.4 is 9.46 Å². The van der Waals surface area contributed by atoms with Gasteiger partial charge >= 0.3 is 5.97 Å². The molecule has 0 saturated heterocycles. The zero-order valence-electron chi connectivity index (χ0n) is 24.2. The third-order valence-corrected chi connectivity index (χ3v) is 8.92. The summed E-state index contributed by atoms with van der Waals surface area (Å²) >= 11 is 0. The zero-order chi connectivity index (χ0) is 30.8. The Bertz CT molecular complexity index is 1530. The normalized spacial score (nSPS) is 18.2. The van der Waals surface area contributed by atoms with Gasteiger partial charge in [-0.2, -0.15) is 0 Å². The molecule has 1 aromatic heterocycles. The second-order valence-corrected chi connectivity index (χ2v) is 12.4. The average Bonchev–Trinajstić information content (AvgIpc) is 3.29. The molecule has 4 rings (SSSR count). The SMILES string of the molecule is Cc1noc(C)c1S(=O)(=O)Nc1ccc2c(c1)C(=O)N([C@@H](C)CO)C[C@@H](C)[C@@H](CN(C)Cc1ccc(C(=O)O)cc1)O2. The van der Waals surface area contributed by atoms with Gasteiger partial charge in [-0.15, -0.1) is 0 Å². The van der Waals surface area contributed by atoms with Crippen molar-refractivity contribution < 1.29 is 37.5 Å². The van der Waals surface area contributed by atoms with E-state index in [9.17, 15) is 23.1 Å². The van der Waals surface area contributed by atoms with E-state index < -0.39 is 22.0 Å². The van der Waals surface area contributed by atoms with Crippen molar-refractivity contribution in [2.75, 3.05) is 31.5 Å². The highest BCUT2D eigenvalue weighted by molar-refractivity contribution is 7.92. The number of nitrogens with one attached hydrogen (secondary N) is 1. The molecule has 0 aliphatic carbocycles. The number of sulfonamides is 1. The lowest BCUT2D eigenvalue weighted by atomic mass is 9.99. The maximum atomic E-state index is 13.7. The number of nitrogens with zero attached hydrogens (tertiary/aromatic N) is 3. The van der Waals surface area contributed by atoms with E-state index in [-0.39, 0.29) is 57.7 Å². The molecule has 0 fully saturated rings. The fourth-order valence-electron chi connectivity index (χ4n) is 5.00. The highest BCUT2D eigenvalue weighted by Gasteiger charge is 2.34. The van der Waals surface area contributed by atoms with Crippen LogP contribution in [0.3, 0.4) is 0 Å². The van der Waals surface area contributed by atoms with Crippen LogP contribution in [0.15, 0.2) is 51.9 Å². The number of carboxylic acids is 1. The lowest BCUT2D eigenvalue weighted by Crippen LogP contribution is -2.49. The predicted molar refractivity (Wildman–Crippen MR) is 154 cm³/mol. The molecule has 13 heteroatoms. The van der Waals surface area contributed by atoms with Crippen LogP contribution in [0.4, 0.5) is 5.69 Å². The van der Waals surface area contributed by atoms with E-state index >= 15 is 0 Å². The maximum absolute atomic E-state index is 13.7. The van der Waals surface area contributed by atoms with Crippen molar-refractivity contribution in [3.05, 3.63) is 70.6 Å². The molecule has 226 valence electrons. The van der Waals surface area contributed by atoms with Gasteiger partial charge in [0.15, 0.2) is 10.7 Å². The molecule has 2 heterocycles. The Balaban J connectivity index is 1.62. The Morgan fingerprint density at radius 3 is 2.50 bits per heavy atom. The van der Waals surface area contributed by atoms with Gasteiger partial charge in [-0.3, -0.25) is 14.4 Å². The molecule has 42 heavy (non-hydrogen) atoms. The number of carboxylic acid groups (broad SMARTS) is 1. The van der Waals surface area contributed by atoms with Crippen molar-refractivity contribution >= 4 is 27.6 Å². The van der Waals surface area contributed by atoms with Gasteiger partial charge < -0.3 is 24.4 Å². The first-order valence-corrected chi connectivity index (χ1v) is 15.0. The second kappa shape index (κ2) is 12.5. The summed E-state index contributed by atoms with van der Waals surface area (Å²) in [6.07, 6.45) is -0.363. The first-order chi connectivity index (χ1) is 19.8. The van der Waals surface area contributed by atoms with Crippen molar-refractivity contribution in [2.45, 2.75) is 51.3 Å². The number of carbonyl (C=O) groups is 2. The summed E-state index contributed by atoms with van der Waals surface area (Å²) in [7, 11) is -2.13. The van der Waals surface area contributed by atoms with Crippen molar-refractivity contribution in [3.8, 4) is 5.75 Å². The van der Waals surface area contributed by atoms with Gasteiger partial charge in [-0.05, 0) is 63.7 Å². The van der Waals surface area contributed by atoms with Crippen molar-refractivity contribution in [1.82, 2.24) is 15.0 Å². The van der Waals surface area contributed by atoms with Crippen LogP contribution in [0, 0.1) is 19.8 Å². The number of aliphatic hydroxyl groups is 1. The summed E-state index contributed by atoms with van der Waals surface area (Å²) in [5, 5.41) is 22.8. The van der Waals surface area contributed by atoms with Crippen LogP contribution >= 0.6 is 0 Å². The quantitative estimate of drug-likeness (QED) is 0.315. The van der Waals surface area contributed by atoms with E-state index in [0.717, 1.165) is 5.56 Å². The maximum Gasteiger partial charge on any atom is 0.335 e. The van der Waals surface area contributed by atoms with Crippen LogP contribution in [0.5, 0.6) is 5.75 Å². The Morgan fingerprint density at radius 1 is 1.21 bits per heavy atom. The molecule has 0 spiro atoms. The summed E-state index contributed by atoms with van der Waals surface area (Å²) < 4.78 is 40.1. The van der Waals surface area contributed by atoms with E-state index in [0.29, 0.717) is 25.4 Å². The van der Waals surface area contributed by atoms with Crippen LogP contribution in [0.2, 0.25) is 0 Å². The molecular formula is C29H36N4O8S. The van der Waals surface area contributed by atoms with Crippen molar-refractivity contribution in [1.29, 1.82) is 0 Å². The second-order valence-electron chi connectivity index (χ2n) is 10.8. The molecule has 3 N–H and O–H groups in total. The predicted octanol–water partition coefficient (Wildman–Crippen LogP) is 3.14. The molecule has 0 saturated carbocycles. The summed E-state index contributed by atoms with van der Waals surface area (Å²) in [5.74, 6) is -1.05. The molecule has 0 bridgehead atoms. The number of anilines is 1. The van der Waals surface area contributed by atoms with Crippen LogP contribution in [0.25, 0.3) is 0 Å². The standard InChI is InChI=1S/C29H36N4O8S/c1-17-13-33(18(2)16-34)28(35)24-12-23(31-42(38,39)27-19(3)30-41-20(27)4)10-11-25(24)40-26(17)15-32(5)14-21-6-8-22(9-7-21)29(36)37/h6-12,17-18,26,31,34H,13-16H2,1-5H3,(H,36,37)/t17-,18+,26-/m1/s1. The Morgan fingerprint density at radius 2 is 1.90 bits per heavy atom. The smallest absolute Gasteiger partial charge is 0.335 e. The number of aryl methyl sites for hydroxylation is 2. The van der Waals surface area contributed by atoms with Gasteiger partial charge in [0.05, 0.1) is 23.8 Å². The minimum absolute atomic E-state index is 0.0677. The summed E-state index contributed by atoms with van der Waals surface area (Å²) in [6.45, 7) is 7.84. The molecule has 3 aromatic rings. The van der Waals surface area contributed by atoms with Crippen molar-refractivity contribution in [3.63, 3.8) is 0 Å². The number of hydrogen-bond acceptors (Lipinski definition) is 9. The van der Waals surface area contributed by atoms with Crippen LogP contribution in [-0.2, 0) is 16.6 Å². The topological polar surface area (TPSA) is 163 Å². The molecule has 3 atom stereocenters. The van der Waals surface area contributed by atoms with Gasteiger partial charge in [0, 0.05) is 31.2 Å². The minimum Gasteiger partial charge on any atom is -0.488 e. The number of rotatable bonds is 10. The number of aromatic carboxylic acids is 1. The monoisotopic (exact) mass is 600 g/mol. The van der Waals surface area contributed by atoms with Gasteiger partial charge in [-0.1, -0.05) is 24.2 Å². The molecule has 1 amide bonds. The first-order valence-electron chi connectivity index (χ1n) is 13.5. The van der Waals surface area contributed by atoms with E-state index in [2.05, 4.69) is 9.88 Å². The fourth-order valence-corrected chi connectivity index (χ4v) is 6.39. The Hall–Kier alpha value is -3.94. The summed E-state index contributed by atoms with van der Waals surface area (Å²) in [5.41, 5.74) is 1.69. The highest BCUT2D eigenvalue weighted by atomic mass is 32.2. The number of hydrogen-bond donors (Lipinski definition) is 3. The molecular weight excluding hydrogens is 564 g/mol. The molecule has 1 aliphatic rings. The molecule has 0 unspecified atom stereocenters. The zero-order valence-corrected chi connectivity index (χ0v) is 25.0. The number of aromatic nitrogens is 1. The molecule has 12 nitrogen and oxygen atoms in total. The number of ether oxygens (including phenoxy) is 1. The lowest BCUT2D eigenvalue weighted by molar-refractivity contribution is 0.0341. The largest absolute Gasteiger partial charge is 0.488 e. The Kier molecular flexibility index (Phi) is 9.24. The molecule has 2 aromatic carbocycles. The third kappa shape index (κ3) is 6.75. The van der Waals surface area contributed by atoms with E-state index in [1.165, 1.54) is 26.0 Å².